The molecule has 1 unspecified atom stereocenters. The molecule has 138 valence electrons. The van der Waals surface area contributed by atoms with Gasteiger partial charge >= 0.3 is 6.03 Å². The van der Waals surface area contributed by atoms with Crippen LogP contribution in [0.15, 0.2) is 17.6 Å². The van der Waals surface area contributed by atoms with E-state index >= 15 is 0 Å². The van der Waals surface area contributed by atoms with Crippen LogP contribution in [0.1, 0.15) is 20.3 Å². The summed E-state index contributed by atoms with van der Waals surface area (Å²) in [4.78, 5) is 32.8. The van der Waals surface area contributed by atoms with Gasteiger partial charge in [0, 0.05) is 38.3 Å². The van der Waals surface area contributed by atoms with E-state index in [0.717, 1.165) is 24.4 Å². The standard InChI is InChI=1S/C17H22N6O2S/c1-17(2)10-23(14(17)24)11-5-7-22(8-11)16(25)20-15-19-12(9-26-15)13-4-6-18-21(13)3/h4,6,9,11H,5,7-8,10H2,1-3H3,(H,19,20,25). The number of amides is 3. The Morgan fingerprint density at radius 2 is 2.23 bits per heavy atom. The van der Waals surface area contributed by atoms with Gasteiger partial charge in [0.25, 0.3) is 0 Å². The van der Waals surface area contributed by atoms with Crippen LogP contribution in [0.4, 0.5) is 9.93 Å². The summed E-state index contributed by atoms with van der Waals surface area (Å²) in [6, 6.07) is 1.85. The fraction of sp³-hybridized carbons (Fsp3) is 0.529. The van der Waals surface area contributed by atoms with Crippen LogP contribution >= 0.6 is 11.3 Å². The monoisotopic (exact) mass is 374 g/mol. The van der Waals surface area contributed by atoms with Crippen LogP contribution in [0.2, 0.25) is 0 Å². The second-order valence-corrected chi connectivity index (χ2v) is 8.37. The molecule has 26 heavy (non-hydrogen) atoms. The van der Waals surface area contributed by atoms with E-state index in [9.17, 15) is 9.59 Å². The molecular weight excluding hydrogens is 352 g/mol. The summed E-state index contributed by atoms with van der Waals surface area (Å²) in [7, 11) is 1.86. The fourth-order valence-corrected chi connectivity index (χ4v) is 4.28. The zero-order valence-corrected chi connectivity index (χ0v) is 15.9. The first-order chi connectivity index (χ1) is 12.3. The number of thiazole rings is 1. The molecule has 9 heteroatoms. The van der Waals surface area contributed by atoms with Gasteiger partial charge in [-0.1, -0.05) is 0 Å². The number of urea groups is 1. The molecule has 0 saturated carbocycles. The molecule has 4 heterocycles. The van der Waals surface area contributed by atoms with E-state index < -0.39 is 0 Å². The van der Waals surface area contributed by atoms with Gasteiger partial charge in [-0.15, -0.1) is 11.3 Å². The highest BCUT2D eigenvalue weighted by Crippen LogP contribution is 2.35. The van der Waals surface area contributed by atoms with Gasteiger partial charge < -0.3 is 9.80 Å². The lowest BCUT2D eigenvalue weighted by Gasteiger charge is -2.47. The first-order valence-corrected chi connectivity index (χ1v) is 9.54. The molecule has 0 aromatic carbocycles. The Morgan fingerprint density at radius 1 is 1.42 bits per heavy atom. The number of nitrogens with zero attached hydrogens (tertiary/aromatic N) is 5. The van der Waals surface area contributed by atoms with Crippen molar-refractivity contribution in [1.29, 1.82) is 0 Å². The second-order valence-electron chi connectivity index (χ2n) is 7.51. The van der Waals surface area contributed by atoms with Gasteiger partial charge in [-0.2, -0.15) is 5.10 Å². The maximum absolute atomic E-state index is 12.5. The highest BCUT2D eigenvalue weighted by molar-refractivity contribution is 7.14. The van der Waals surface area contributed by atoms with Crippen molar-refractivity contribution in [2.75, 3.05) is 25.0 Å². The predicted molar refractivity (Wildman–Crippen MR) is 98.8 cm³/mol. The van der Waals surface area contributed by atoms with Crippen LogP contribution in [0, 0.1) is 5.41 Å². The molecule has 0 bridgehead atoms. The van der Waals surface area contributed by atoms with Crippen LogP contribution in [-0.2, 0) is 11.8 Å². The molecule has 2 aromatic rings. The van der Waals surface area contributed by atoms with E-state index in [1.807, 2.05) is 37.2 Å². The maximum atomic E-state index is 12.5. The molecule has 0 radical (unpaired) electrons. The molecule has 4 rings (SSSR count). The molecule has 8 nitrogen and oxygen atoms in total. The summed E-state index contributed by atoms with van der Waals surface area (Å²) in [6.07, 6.45) is 2.54. The number of carbonyl (C=O) groups excluding carboxylic acids is 2. The smallest absolute Gasteiger partial charge is 0.323 e. The Bertz CT molecular complexity index is 857. The average molecular weight is 374 g/mol. The Morgan fingerprint density at radius 3 is 2.88 bits per heavy atom. The molecule has 1 atom stereocenters. The van der Waals surface area contributed by atoms with E-state index in [1.54, 1.807) is 15.8 Å². The number of aryl methyl sites for hydroxylation is 1. The Labute approximate surface area is 155 Å². The molecule has 0 aliphatic carbocycles. The molecule has 0 spiro atoms. The van der Waals surface area contributed by atoms with Crippen LogP contribution in [0.3, 0.4) is 0 Å². The molecule has 2 aromatic heterocycles. The van der Waals surface area contributed by atoms with Gasteiger partial charge in [0.2, 0.25) is 5.91 Å². The number of nitrogens with one attached hydrogen (secondary N) is 1. The number of β-lactam (4-membered cyclic amide) rings is 1. The largest absolute Gasteiger partial charge is 0.336 e. The van der Waals surface area contributed by atoms with Crippen LogP contribution in [0.25, 0.3) is 11.4 Å². The first-order valence-electron chi connectivity index (χ1n) is 8.66. The third-order valence-electron chi connectivity index (χ3n) is 5.10. The topological polar surface area (TPSA) is 83.4 Å². The normalized spacial score (nSPS) is 21.8. The molecule has 2 fully saturated rings. The Kier molecular flexibility index (Phi) is 3.98. The minimum atomic E-state index is -0.251. The molecular formula is C17H22N6O2S. The number of hydrogen-bond acceptors (Lipinski definition) is 5. The SMILES string of the molecule is Cn1nccc1-c1csc(NC(=O)N2CCC(N3CC(C)(C)C3=O)C2)n1. The number of aromatic nitrogens is 3. The van der Waals surface area contributed by atoms with Gasteiger partial charge in [-0.25, -0.2) is 9.78 Å². The summed E-state index contributed by atoms with van der Waals surface area (Å²) in [5.41, 5.74) is 1.44. The number of carbonyl (C=O) groups is 2. The van der Waals surface area contributed by atoms with Gasteiger partial charge in [0.05, 0.1) is 17.2 Å². The molecule has 1 N–H and O–H groups in total. The van der Waals surface area contributed by atoms with E-state index in [1.165, 1.54) is 11.3 Å². The van der Waals surface area contributed by atoms with Gasteiger partial charge in [-0.05, 0) is 26.3 Å². The lowest BCUT2D eigenvalue weighted by molar-refractivity contribution is -0.160. The summed E-state index contributed by atoms with van der Waals surface area (Å²) in [5.74, 6) is 0.186. The van der Waals surface area contributed by atoms with Crippen molar-refractivity contribution in [3.63, 3.8) is 0 Å². The van der Waals surface area contributed by atoms with E-state index in [-0.39, 0.29) is 23.4 Å². The van der Waals surface area contributed by atoms with Crippen LogP contribution in [0.5, 0.6) is 0 Å². The second kappa shape index (κ2) is 6.08. The first kappa shape index (κ1) is 17.0. The van der Waals surface area contributed by atoms with Crippen LogP contribution < -0.4 is 5.32 Å². The van der Waals surface area contributed by atoms with E-state index in [2.05, 4.69) is 15.4 Å². The van der Waals surface area contributed by atoms with Crippen molar-refractivity contribution < 1.29 is 9.59 Å². The Hall–Kier alpha value is -2.42. The van der Waals surface area contributed by atoms with Crippen molar-refractivity contribution in [3.8, 4) is 11.4 Å². The average Bonchev–Trinajstić information content (AvgIpc) is 3.32. The molecule has 2 saturated heterocycles. The zero-order chi connectivity index (χ0) is 18.5. The third kappa shape index (κ3) is 2.86. The predicted octanol–water partition coefficient (Wildman–Crippen LogP) is 2.02. The van der Waals surface area contributed by atoms with E-state index in [4.69, 9.17) is 0 Å². The maximum Gasteiger partial charge on any atom is 0.323 e. The third-order valence-corrected chi connectivity index (χ3v) is 5.86. The number of anilines is 1. The molecule has 3 amide bonds. The number of rotatable bonds is 3. The summed E-state index contributed by atoms with van der Waals surface area (Å²) in [6.45, 7) is 5.93. The summed E-state index contributed by atoms with van der Waals surface area (Å²) in [5, 5.41) is 9.47. The molecule has 2 aliphatic rings. The lowest BCUT2D eigenvalue weighted by Crippen LogP contribution is -2.62. The Balaban J connectivity index is 1.36. The van der Waals surface area contributed by atoms with Gasteiger partial charge in [0.1, 0.15) is 5.69 Å². The number of likely N-dealkylation sites (tertiary alicyclic amines) is 2. The minimum Gasteiger partial charge on any atom is -0.336 e. The highest BCUT2D eigenvalue weighted by Gasteiger charge is 2.48. The van der Waals surface area contributed by atoms with Crippen molar-refractivity contribution in [2.45, 2.75) is 26.3 Å². The molecule has 2 aliphatic heterocycles. The number of hydrogen-bond donors (Lipinski definition) is 1. The van der Waals surface area contributed by atoms with Crippen molar-refractivity contribution in [2.24, 2.45) is 12.5 Å². The van der Waals surface area contributed by atoms with Gasteiger partial charge in [0.15, 0.2) is 5.13 Å². The fourth-order valence-electron chi connectivity index (χ4n) is 3.58. The van der Waals surface area contributed by atoms with Crippen molar-refractivity contribution in [3.05, 3.63) is 17.6 Å². The minimum absolute atomic E-state index is 0.127. The van der Waals surface area contributed by atoms with Gasteiger partial charge in [-0.3, -0.25) is 14.8 Å². The zero-order valence-electron chi connectivity index (χ0n) is 15.1. The van der Waals surface area contributed by atoms with Crippen LogP contribution in [-0.4, -0.2) is 62.2 Å². The highest BCUT2D eigenvalue weighted by atomic mass is 32.1. The van der Waals surface area contributed by atoms with Crippen molar-refractivity contribution in [1.82, 2.24) is 24.6 Å². The summed E-state index contributed by atoms with van der Waals surface area (Å²) < 4.78 is 1.75. The quantitative estimate of drug-likeness (QED) is 0.833. The van der Waals surface area contributed by atoms with Crippen molar-refractivity contribution >= 4 is 28.4 Å². The lowest BCUT2D eigenvalue weighted by atomic mass is 9.82. The van der Waals surface area contributed by atoms with E-state index in [0.29, 0.717) is 18.2 Å². The summed E-state index contributed by atoms with van der Waals surface area (Å²) >= 11 is 1.39.